The summed E-state index contributed by atoms with van der Waals surface area (Å²) in [6.07, 6.45) is 1.90. The highest BCUT2D eigenvalue weighted by Gasteiger charge is 2.39. The molecule has 6 nitrogen and oxygen atoms in total. The van der Waals surface area contributed by atoms with Crippen molar-refractivity contribution in [3.63, 3.8) is 0 Å². The SMILES string of the molecule is CC(C)CN([C@H]1CCS(=O)(=O)C1)S(=O)(=O)c1cccc2cccnc12. The van der Waals surface area contributed by atoms with E-state index < -0.39 is 25.9 Å². The number of aromatic nitrogens is 1. The van der Waals surface area contributed by atoms with Crippen molar-refractivity contribution in [2.45, 2.75) is 31.2 Å². The first kappa shape index (κ1) is 18.3. The van der Waals surface area contributed by atoms with Crippen LogP contribution in [-0.4, -0.2) is 50.2 Å². The van der Waals surface area contributed by atoms with E-state index in [2.05, 4.69) is 4.98 Å². The average Bonchev–Trinajstić information content (AvgIpc) is 2.91. The second-order valence-electron chi connectivity index (χ2n) is 6.86. The lowest BCUT2D eigenvalue weighted by atomic mass is 10.2. The third-order valence-corrected chi connectivity index (χ3v) is 8.04. The zero-order valence-electron chi connectivity index (χ0n) is 14.3. The van der Waals surface area contributed by atoms with Crippen molar-refractivity contribution in [3.8, 4) is 0 Å². The quantitative estimate of drug-likeness (QED) is 0.790. The van der Waals surface area contributed by atoms with Crippen LogP contribution in [0.1, 0.15) is 20.3 Å². The summed E-state index contributed by atoms with van der Waals surface area (Å²) in [5, 5.41) is 0.743. The van der Waals surface area contributed by atoms with Crippen LogP contribution in [0.15, 0.2) is 41.4 Å². The van der Waals surface area contributed by atoms with E-state index in [1.165, 1.54) is 4.31 Å². The first-order valence-electron chi connectivity index (χ1n) is 8.27. The number of sulfone groups is 1. The monoisotopic (exact) mass is 382 g/mol. The molecule has 0 amide bonds. The van der Waals surface area contributed by atoms with Crippen molar-refractivity contribution in [2.24, 2.45) is 5.92 Å². The van der Waals surface area contributed by atoms with E-state index in [0.29, 0.717) is 11.9 Å². The smallest absolute Gasteiger partial charge is 0.245 e. The molecule has 1 saturated heterocycles. The number of para-hydroxylation sites is 1. The number of pyridine rings is 1. The van der Waals surface area contributed by atoms with Crippen LogP contribution in [0.3, 0.4) is 0 Å². The largest absolute Gasteiger partial charge is 0.255 e. The summed E-state index contributed by atoms with van der Waals surface area (Å²) in [5.41, 5.74) is 0.416. The standard InChI is InChI=1S/C17H22N2O4S2/c1-13(2)11-19(15-8-10-24(20,21)12-15)25(22,23)16-7-3-5-14-6-4-9-18-17(14)16/h3-7,9,13,15H,8,10-12H2,1-2H3/t15-/m0/s1. The molecule has 1 aliphatic heterocycles. The number of hydrogen-bond acceptors (Lipinski definition) is 5. The molecule has 2 heterocycles. The van der Waals surface area contributed by atoms with Gasteiger partial charge in [0.25, 0.3) is 0 Å². The van der Waals surface area contributed by atoms with Crippen LogP contribution in [0.5, 0.6) is 0 Å². The highest BCUT2D eigenvalue weighted by Crippen LogP contribution is 2.29. The number of sulfonamides is 1. The molecule has 1 fully saturated rings. The van der Waals surface area contributed by atoms with Crippen molar-refractivity contribution in [1.82, 2.24) is 9.29 Å². The molecule has 0 bridgehead atoms. The lowest BCUT2D eigenvalue weighted by molar-refractivity contribution is 0.308. The van der Waals surface area contributed by atoms with Crippen LogP contribution in [0.25, 0.3) is 10.9 Å². The molecule has 136 valence electrons. The van der Waals surface area contributed by atoms with Crippen molar-refractivity contribution in [2.75, 3.05) is 18.1 Å². The van der Waals surface area contributed by atoms with Gasteiger partial charge in [-0.05, 0) is 24.5 Å². The maximum Gasteiger partial charge on any atom is 0.245 e. The first-order chi connectivity index (χ1) is 11.7. The van der Waals surface area contributed by atoms with Gasteiger partial charge in [-0.2, -0.15) is 4.31 Å². The topological polar surface area (TPSA) is 84.4 Å². The third-order valence-electron chi connectivity index (χ3n) is 4.34. The van der Waals surface area contributed by atoms with Crippen LogP contribution in [0.4, 0.5) is 0 Å². The molecule has 0 radical (unpaired) electrons. The highest BCUT2D eigenvalue weighted by atomic mass is 32.2. The predicted molar refractivity (Wildman–Crippen MR) is 97.5 cm³/mol. The second-order valence-corrected chi connectivity index (χ2v) is 10.9. The molecular formula is C17H22N2O4S2. The Balaban J connectivity index is 2.10. The lowest BCUT2D eigenvalue weighted by Crippen LogP contribution is -2.43. The van der Waals surface area contributed by atoms with Gasteiger partial charge in [-0.1, -0.05) is 32.0 Å². The molecule has 0 saturated carbocycles. The minimum Gasteiger partial charge on any atom is -0.255 e. The maximum atomic E-state index is 13.4. The molecule has 0 spiro atoms. The normalized spacial score (nSPS) is 20.6. The van der Waals surface area contributed by atoms with Crippen LogP contribution in [0, 0.1) is 5.92 Å². The fourth-order valence-corrected chi connectivity index (χ4v) is 7.03. The Morgan fingerprint density at radius 3 is 2.60 bits per heavy atom. The van der Waals surface area contributed by atoms with Crippen molar-refractivity contribution in [1.29, 1.82) is 0 Å². The highest BCUT2D eigenvalue weighted by molar-refractivity contribution is 7.92. The van der Waals surface area contributed by atoms with Gasteiger partial charge >= 0.3 is 0 Å². The fourth-order valence-electron chi connectivity index (χ4n) is 3.22. The Bertz CT molecular complexity index is 979. The van der Waals surface area contributed by atoms with Crippen LogP contribution >= 0.6 is 0 Å². The third kappa shape index (κ3) is 3.70. The van der Waals surface area contributed by atoms with E-state index in [0.717, 1.165) is 5.39 Å². The van der Waals surface area contributed by atoms with E-state index in [9.17, 15) is 16.8 Å². The molecule has 1 atom stereocenters. The minimum atomic E-state index is -3.85. The zero-order chi connectivity index (χ0) is 18.2. The summed E-state index contributed by atoms with van der Waals surface area (Å²) >= 11 is 0. The molecule has 0 aliphatic carbocycles. The maximum absolute atomic E-state index is 13.4. The van der Waals surface area contributed by atoms with Gasteiger partial charge in [0.2, 0.25) is 10.0 Å². The van der Waals surface area contributed by atoms with Crippen molar-refractivity contribution < 1.29 is 16.8 Å². The Hall–Kier alpha value is -1.51. The molecule has 2 aromatic rings. The van der Waals surface area contributed by atoms with Gasteiger partial charge in [-0.25, -0.2) is 16.8 Å². The lowest BCUT2D eigenvalue weighted by Gasteiger charge is -2.29. The molecule has 8 heteroatoms. The number of rotatable bonds is 5. The number of benzene rings is 1. The molecule has 1 aromatic carbocycles. The molecule has 0 N–H and O–H groups in total. The van der Waals surface area contributed by atoms with Crippen molar-refractivity contribution in [3.05, 3.63) is 36.5 Å². The summed E-state index contributed by atoms with van der Waals surface area (Å²) in [7, 11) is -7.03. The number of nitrogens with zero attached hydrogens (tertiary/aromatic N) is 2. The summed E-state index contributed by atoms with van der Waals surface area (Å²) < 4.78 is 51.9. The second kappa shape index (κ2) is 6.66. The van der Waals surface area contributed by atoms with E-state index in [4.69, 9.17) is 0 Å². The molecule has 1 aliphatic rings. The van der Waals surface area contributed by atoms with Gasteiger partial charge in [-0.15, -0.1) is 0 Å². The first-order valence-corrected chi connectivity index (χ1v) is 11.5. The minimum absolute atomic E-state index is 0.0373. The van der Waals surface area contributed by atoms with Gasteiger partial charge in [0.15, 0.2) is 9.84 Å². The summed E-state index contributed by atoms with van der Waals surface area (Å²) in [6.45, 7) is 4.13. The van der Waals surface area contributed by atoms with Gasteiger partial charge in [0.1, 0.15) is 4.90 Å². The number of hydrogen-bond donors (Lipinski definition) is 0. The van der Waals surface area contributed by atoms with Crippen LogP contribution < -0.4 is 0 Å². The molecular weight excluding hydrogens is 360 g/mol. The van der Waals surface area contributed by atoms with Gasteiger partial charge < -0.3 is 0 Å². The van der Waals surface area contributed by atoms with Gasteiger partial charge in [0, 0.05) is 24.2 Å². The van der Waals surface area contributed by atoms with E-state index in [1.54, 1.807) is 24.4 Å². The summed E-state index contributed by atoms with van der Waals surface area (Å²) in [5.74, 6) is 0.00760. The number of fused-ring (bicyclic) bond motifs is 1. The van der Waals surface area contributed by atoms with Crippen molar-refractivity contribution >= 4 is 30.8 Å². The predicted octanol–water partition coefficient (Wildman–Crippen LogP) is 2.07. The van der Waals surface area contributed by atoms with E-state index in [-0.39, 0.29) is 28.9 Å². The molecule has 0 unspecified atom stereocenters. The van der Waals surface area contributed by atoms with Crippen LogP contribution in [0.2, 0.25) is 0 Å². The Morgan fingerprint density at radius 1 is 1.24 bits per heavy atom. The zero-order valence-corrected chi connectivity index (χ0v) is 15.9. The summed E-state index contributed by atoms with van der Waals surface area (Å²) in [6, 6.07) is 8.10. The Kier molecular flexibility index (Phi) is 4.87. The fraction of sp³-hybridized carbons (Fsp3) is 0.471. The van der Waals surface area contributed by atoms with E-state index >= 15 is 0 Å². The summed E-state index contributed by atoms with van der Waals surface area (Å²) in [4.78, 5) is 4.37. The molecule has 1 aromatic heterocycles. The van der Waals surface area contributed by atoms with Crippen LogP contribution in [-0.2, 0) is 19.9 Å². The van der Waals surface area contributed by atoms with Gasteiger partial charge in [0.05, 0.1) is 17.0 Å². The molecule has 3 rings (SSSR count). The van der Waals surface area contributed by atoms with E-state index in [1.807, 2.05) is 26.0 Å². The molecule has 25 heavy (non-hydrogen) atoms. The van der Waals surface area contributed by atoms with Gasteiger partial charge in [-0.3, -0.25) is 4.98 Å². The Morgan fingerprint density at radius 2 is 1.96 bits per heavy atom. The average molecular weight is 383 g/mol. The Labute approximate surface area is 148 Å².